The smallest absolute Gasteiger partial charge is 0.305 e. The average molecular weight is 466 g/mol. The molecule has 0 bridgehead atoms. The zero-order valence-electron chi connectivity index (χ0n) is 19.3. The van der Waals surface area contributed by atoms with Crippen LogP contribution >= 0.6 is 0 Å². The molecule has 0 aliphatic heterocycles. The molecule has 1 amide bonds. The number of aromatic nitrogens is 1. The highest BCUT2D eigenvalue weighted by Crippen LogP contribution is 2.36. The Labute approximate surface area is 197 Å². The van der Waals surface area contributed by atoms with Gasteiger partial charge >= 0.3 is 5.97 Å². The van der Waals surface area contributed by atoms with Gasteiger partial charge in [0.05, 0.1) is 46.3 Å². The zero-order chi connectivity index (χ0) is 24.5. The number of Topliss-reactive ketones (excluding diaryl/α,β-unsaturated/α-hetero) is 1. The molecule has 3 rings (SSSR count). The van der Waals surface area contributed by atoms with Crippen LogP contribution in [-0.4, -0.2) is 50.7 Å². The predicted octanol–water partition coefficient (Wildman–Crippen LogP) is 3.21. The van der Waals surface area contributed by atoms with Gasteiger partial charge in [-0.25, -0.2) is 0 Å². The monoisotopic (exact) mass is 466 g/mol. The van der Waals surface area contributed by atoms with E-state index in [1.54, 1.807) is 14.2 Å². The molecule has 34 heavy (non-hydrogen) atoms. The van der Waals surface area contributed by atoms with Crippen molar-refractivity contribution >= 4 is 17.7 Å². The maximum atomic E-state index is 12.5. The molecule has 0 atom stereocenters. The second-order valence-corrected chi connectivity index (χ2v) is 7.35. The number of rotatable bonds is 11. The molecule has 0 radical (unpaired) electrons. The van der Waals surface area contributed by atoms with Crippen LogP contribution in [0.15, 0.2) is 53.1 Å². The number of hydrogen-bond donors (Lipinski definition) is 1. The fraction of sp³-hybridized carbons (Fsp3) is 0.280. The van der Waals surface area contributed by atoms with E-state index in [0.29, 0.717) is 28.5 Å². The first-order valence-corrected chi connectivity index (χ1v) is 10.6. The molecule has 2 aromatic carbocycles. The lowest BCUT2D eigenvalue weighted by molar-refractivity contribution is -0.141. The minimum Gasteiger partial charge on any atom is -0.497 e. The van der Waals surface area contributed by atoms with E-state index in [9.17, 15) is 14.4 Å². The zero-order valence-corrected chi connectivity index (χ0v) is 19.3. The van der Waals surface area contributed by atoms with Crippen LogP contribution in [0.3, 0.4) is 0 Å². The summed E-state index contributed by atoms with van der Waals surface area (Å²) in [7, 11) is 4.43. The Morgan fingerprint density at radius 1 is 0.853 bits per heavy atom. The Bertz CT molecular complexity index is 1140. The number of benzene rings is 2. The number of nitrogens with zero attached hydrogens (tertiary/aromatic N) is 1. The van der Waals surface area contributed by atoms with Crippen molar-refractivity contribution in [1.82, 2.24) is 10.5 Å². The minimum atomic E-state index is -0.475. The number of ketones is 1. The van der Waals surface area contributed by atoms with Crippen LogP contribution in [-0.2, 0) is 25.5 Å². The normalized spacial score (nSPS) is 10.4. The molecule has 0 aliphatic rings. The predicted molar refractivity (Wildman–Crippen MR) is 123 cm³/mol. The highest BCUT2D eigenvalue weighted by Gasteiger charge is 2.22. The van der Waals surface area contributed by atoms with E-state index in [1.165, 1.54) is 7.11 Å². The molecule has 3 aromatic rings. The molecule has 1 aromatic heterocycles. The molecule has 0 fully saturated rings. The van der Waals surface area contributed by atoms with Gasteiger partial charge in [0.2, 0.25) is 5.91 Å². The van der Waals surface area contributed by atoms with E-state index in [1.807, 2.05) is 48.5 Å². The maximum absolute atomic E-state index is 12.5. The topological polar surface area (TPSA) is 117 Å². The molecule has 1 N–H and O–H groups in total. The fourth-order valence-corrected chi connectivity index (χ4v) is 3.28. The van der Waals surface area contributed by atoms with Crippen molar-refractivity contribution in [3.05, 3.63) is 54.3 Å². The van der Waals surface area contributed by atoms with Crippen LogP contribution in [0.4, 0.5) is 0 Å². The standard InChI is InChI=1S/C25H26N2O7/c1-31-19-9-4-16(5-10-19)24-21(14-22(29)26-15-18(28)8-13-23(30)33-3)34-27-25(24)17-6-11-20(32-2)12-7-17/h4-7,9-12H,8,13-15H2,1-3H3,(H,26,29). The van der Waals surface area contributed by atoms with Crippen LogP contribution in [0.25, 0.3) is 22.4 Å². The van der Waals surface area contributed by atoms with Crippen molar-refractivity contribution in [2.24, 2.45) is 0 Å². The Balaban J connectivity index is 1.80. The SMILES string of the molecule is COC(=O)CCC(=O)CNC(=O)Cc1onc(-c2ccc(OC)cc2)c1-c1ccc(OC)cc1. The maximum Gasteiger partial charge on any atom is 0.305 e. The molecule has 0 spiro atoms. The van der Waals surface area contributed by atoms with Crippen LogP contribution < -0.4 is 14.8 Å². The molecule has 0 saturated heterocycles. The second kappa shape index (κ2) is 11.6. The highest BCUT2D eigenvalue weighted by atomic mass is 16.5. The van der Waals surface area contributed by atoms with E-state index in [0.717, 1.165) is 11.1 Å². The molecular formula is C25H26N2O7. The summed E-state index contributed by atoms with van der Waals surface area (Å²) in [6.07, 6.45) is -0.150. The Morgan fingerprint density at radius 3 is 2.00 bits per heavy atom. The lowest BCUT2D eigenvalue weighted by Gasteiger charge is -2.08. The van der Waals surface area contributed by atoms with Gasteiger partial charge in [-0.05, 0) is 42.0 Å². The molecule has 9 nitrogen and oxygen atoms in total. The summed E-state index contributed by atoms with van der Waals surface area (Å²) in [5.41, 5.74) is 2.83. The third-order valence-corrected chi connectivity index (χ3v) is 5.14. The van der Waals surface area contributed by atoms with Gasteiger partial charge < -0.3 is 24.1 Å². The van der Waals surface area contributed by atoms with Crippen molar-refractivity contribution < 1.29 is 33.1 Å². The highest BCUT2D eigenvalue weighted by molar-refractivity contribution is 5.90. The van der Waals surface area contributed by atoms with Crippen LogP contribution in [0.5, 0.6) is 11.5 Å². The third-order valence-electron chi connectivity index (χ3n) is 5.14. The van der Waals surface area contributed by atoms with E-state index in [2.05, 4.69) is 15.2 Å². The van der Waals surface area contributed by atoms with Crippen molar-refractivity contribution in [2.75, 3.05) is 27.9 Å². The Hall–Kier alpha value is -4.14. The van der Waals surface area contributed by atoms with E-state index >= 15 is 0 Å². The minimum absolute atomic E-state index is 0.00598. The second-order valence-electron chi connectivity index (χ2n) is 7.35. The lowest BCUT2D eigenvalue weighted by Crippen LogP contribution is -2.31. The summed E-state index contributed by atoms with van der Waals surface area (Å²) < 4.78 is 20.5. The number of methoxy groups -OCH3 is 3. The van der Waals surface area contributed by atoms with Crippen molar-refractivity contribution in [3.8, 4) is 33.9 Å². The lowest BCUT2D eigenvalue weighted by atomic mass is 9.98. The van der Waals surface area contributed by atoms with Crippen LogP contribution in [0, 0.1) is 0 Å². The average Bonchev–Trinajstić information content (AvgIpc) is 3.29. The first-order valence-electron chi connectivity index (χ1n) is 10.6. The molecule has 0 saturated carbocycles. The third kappa shape index (κ3) is 6.22. The van der Waals surface area contributed by atoms with Gasteiger partial charge in [-0.2, -0.15) is 0 Å². The molecule has 0 unspecified atom stereocenters. The van der Waals surface area contributed by atoms with E-state index in [4.69, 9.17) is 14.0 Å². The first kappa shape index (κ1) is 24.5. The Morgan fingerprint density at radius 2 is 1.44 bits per heavy atom. The largest absolute Gasteiger partial charge is 0.497 e. The summed E-state index contributed by atoms with van der Waals surface area (Å²) >= 11 is 0. The number of carbonyl (C=O) groups excluding carboxylic acids is 3. The molecule has 1 heterocycles. The van der Waals surface area contributed by atoms with Gasteiger partial charge in [0.1, 0.15) is 17.2 Å². The quantitative estimate of drug-likeness (QED) is 0.428. The summed E-state index contributed by atoms with van der Waals surface area (Å²) in [4.78, 5) is 35.6. The summed E-state index contributed by atoms with van der Waals surface area (Å²) in [5, 5.41) is 6.79. The fourth-order valence-electron chi connectivity index (χ4n) is 3.28. The number of carbonyl (C=O) groups is 3. The molecule has 0 aliphatic carbocycles. The summed E-state index contributed by atoms with van der Waals surface area (Å²) in [6.45, 7) is -0.187. The number of hydrogen-bond acceptors (Lipinski definition) is 8. The molecule has 178 valence electrons. The van der Waals surface area contributed by atoms with Crippen molar-refractivity contribution in [1.29, 1.82) is 0 Å². The number of nitrogens with one attached hydrogen (secondary N) is 1. The summed E-state index contributed by atoms with van der Waals surface area (Å²) in [5.74, 6) is 0.599. The molecule has 9 heteroatoms. The van der Waals surface area contributed by atoms with E-state index in [-0.39, 0.29) is 31.6 Å². The van der Waals surface area contributed by atoms with Gasteiger partial charge in [-0.15, -0.1) is 0 Å². The summed E-state index contributed by atoms with van der Waals surface area (Å²) in [6, 6.07) is 14.7. The number of amides is 1. The van der Waals surface area contributed by atoms with E-state index < -0.39 is 11.9 Å². The Kier molecular flexibility index (Phi) is 8.39. The van der Waals surface area contributed by atoms with Gasteiger partial charge in [0.15, 0.2) is 11.5 Å². The van der Waals surface area contributed by atoms with Gasteiger partial charge in [0, 0.05) is 12.0 Å². The van der Waals surface area contributed by atoms with Gasteiger partial charge in [0.25, 0.3) is 0 Å². The van der Waals surface area contributed by atoms with Gasteiger partial charge in [-0.3, -0.25) is 14.4 Å². The van der Waals surface area contributed by atoms with Crippen molar-refractivity contribution in [3.63, 3.8) is 0 Å². The molecular weight excluding hydrogens is 440 g/mol. The van der Waals surface area contributed by atoms with Gasteiger partial charge in [-0.1, -0.05) is 17.3 Å². The van der Waals surface area contributed by atoms with Crippen LogP contribution in [0.1, 0.15) is 18.6 Å². The first-order chi connectivity index (χ1) is 16.4. The number of esters is 1. The van der Waals surface area contributed by atoms with Crippen LogP contribution in [0.2, 0.25) is 0 Å². The van der Waals surface area contributed by atoms with Crippen molar-refractivity contribution in [2.45, 2.75) is 19.3 Å². The number of ether oxygens (including phenoxy) is 3.